The summed E-state index contributed by atoms with van der Waals surface area (Å²) < 4.78 is 0. The monoisotopic (exact) mass is 261 g/mol. The second-order valence-corrected chi connectivity index (χ2v) is 4.69. The first-order chi connectivity index (χ1) is 9.09. The van der Waals surface area contributed by atoms with E-state index in [2.05, 4.69) is 24.4 Å². The lowest BCUT2D eigenvalue weighted by Gasteiger charge is -2.11. The van der Waals surface area contributed by atoms with E-state index in [0.717, 1.165) is 24.2 Å². The highest BCUT2D eigenvalue weighted by molar-refractivity contribution is 5.99. The SMILES string of the molecule is C[NH+](C)CCNc1ccc([N+](=O)[O-])c2cnccc12. The Bertz CT molecular complexity index is 598. The van der Waals surface area contributed by atoms with E-state index in [1.807, 2.05) is 0 Å². The minimum atomic E-state index is -0.377. The van der Waals surface area contributed by atoms with E-state index in [4.69, 9.17) is 0 Å². The number of rotatable bonds is 5. The number of hydrogen-bond donors (Lipinski definition) is 2. The maximum absolute atomic E-state index is 11.0. The molecule has 1 aromatic heterocycles. The highest BCUT2D eigenvalue weighted by Crippen LogP contribution is 2.30. The highest BCUT2D eigenvalue weighted by atomic mass is 16.6. The summed E-state index contributed by atoms with van der Waals surface area (Å²) >= 11 is 0. The van der Waals surface area contributed by atoms with Crippen molar-refractivity contribution in [3.05, 3.63) is 40.7 Å². The van der Waals surface area contributed by atoms with Crippen LogP contribution in [-0.4, -0.2) is 37.1 Å². The maximum Gasteiger partial charge on any atom is 0.278 e. The summed E-state index contributed by atoms with van der Waals surface area (Å²) in [6, 6.07) is 5.08. The number of nitrogens with zero attached hydrogens (tertiary/aromatic N) is 2. The van der Waals surface area contributed by atoms with E-state index in [1.165, 1.54) is 17.2 Å². The van der Waals surface area contributed by atoms with Gasteiger partial charge in [0.1, 0.15) is 0 Å². The van der Waals surface area contributed by atoms with Crippen molar-refractivity contribution in [2.24, 2.45) is 0 Å². The molecule has 2 rings (SSSR count). The molecule has 0 aliphatic heterocycles. The lowest BCUT2D eigenvalue weighted by Crippen LogP contribution is -3.06. The van der Waals surface area contributed by atoms with Gasteiger partial charge in [0.2, 0.25) is 0 Å². The summed E-state index contributed by atoms with van der Waals surface area (Å²) in [6.45, 7) is 1.79. The molecule has 0 saturated carbocycles. The van der Waals surface area contributed by atoms with Crippen LogP contribution in [0.3, 0.4) is 0 Å². The van der Waals surface area contributed by atoms with Crippen LogP contribution in [-0.2, 0) is 0 Å². The van der Waals surface area contributed by atoms with Crippen molar-refractivity contribution >= 4 is 22.1 Å². The average Bonchev–Trinajstić information content (AvgIpc) is 2.38. The van der Waals surface area contributed by atoms with Gasteiger partial charge in [-0.05, 0) is 12.1 Å². The third-order valence-corrected chi connectivity index (χ3v) is 2.93. The summed E-state index contributed by atoms with van der Waals surface area (Å²) in [5.74, 6) is 0. The summed E-state index contributed by atoms with van der Waals surface area (Å²) in [4.78, 5) is 15.9. The molecule has 0 radical (unpaired) electrons. The van der Waals surface area contributed by atoms with Gasteiger partial charge in [-0.3, -0.25) is 15.1 Å². The first-order valence-electron chi connectivity index (χ1n) is 6.13. The fourth-order valence-electron chi connectivity index (χ4n) is 1.94. The fourth-order valence-corrected chi connectivity index (χ4v) is 1.94. The van der Waals surface area contributed by atoms with Crippen LogP contribution in [0.4, 0.5) is 11.4 Å². The summed E-state index contributed by atoms with van der Waals surface area (Å²) in [5.41, 5.74) is 0.996. The van der Waals surface area contributed by atoms with E-state index in [1.54, 1.807) is 18.3 Å². The number of likely N-dealkylation sites (N-methyl/N-ethyl adjacent to an activating group) is 1. The Morgan fingerprint density at radius 3 is 2.79 bits per heavy atom. The number of nitro benzene ring substituents is 1. The number of pyridine rings is 1. The number of non-ortho nitro benzene ring substituents is 1. The molecule has 0 unspecified atom stereocenters. The number of hydrogen-bond acceptors (Lipinski definition) is 4. The number of quaternary nitrogens is 1. The molecular formula is C13H17N4O2+. The van der Waals surface area contributed by atoms with Crippen molar-refractivity contribution in [3.8, 4) is 0 Å². The second-order valence-electron chi connectivity index (χ2n) is 4.69. The predicted molar refractivity (Wildman–Crippen MR) is 74.6 cm³/mol. The molecule has 0 saturated heterocycles. The molecule has 2 aromatic rings. The van der Waals surface area contributed by atoms with E-state index < -0.39 is 0 Å². The van der Waals surface area contributed by atoms with Crippen LogP contribution < -0.4 is 10.2 Å². The lowest BCUT2D eigenvalue weighted by atomic mass is 10.1. The Kier molecular flexibility index (Phi) is 3.91. The van der Waals surface area contributed by atoms with Gasteiger partial charge in [-0.15, -0.1) is 0 Å². The second kappa shape index (κ2) is 5.62. The lowest BCUT2D eigenvalue weighted by molar-refractivity contribution is -0.856. The van der Waals surface area contributed by atoms with Gasteiger partial charge in [0.05, 0.1) is 37.5 Å². The standard InChI is InChI=1S/C13H16N4O2/c1-16(2)8-7-15-12-3-4-13(17(18)19)11-9-14-6-5-10(11)12/h3-6,9,15H,7-8H2,1-2H3/p+1. The van der Waals surface area contributed by atoms with E-state index in [-0.39, 0.29) is 10.6 Å². The van der Waals surface area contributed by atoms with Crippen LogP contribution in [0.2, 0.25) is 0 Å². The normalized spacial score (nSPS) is 10.9. The number of nitro groups is 1. The number of fused-ring (bicyclic) bond motifs is 1. The van der Waals surface area contributed by atoms with Crippen LogP contribution in [0.15, 0.2) is 30.6 Å². The van der Waals surface area contributed by atoms with E-state index in [0.29, 0.717) is 5.39 Å². The van der Waals surface area contributed by atoms with Gasteiger partial charge >= 0.3 is 0 Å². The minimum Gasteiger partial charge on any atom is -0.379 e. The van der Waals surface area contributed by atoms with Crippen molar-refractivity contribution in [2.45, 2.75) is 0 Å². The van der Waals surface area contributed by atoms with E-state index in [9.17, 15) is 10.1 Å². The molecule has 6 heteroatoms. The molecule has 0 aliphatic rings. The molecule has 100 valence electrons. The molecule has 0 spiro atoms. The minimum absolute atomic E-state index is 0.0897. The fraction of sp³-hybridized carbons (Fsp3) is 0.308. The van der Waals surface area contributed by atoms with Gasteiger partial charge in [-0.1, -0.05) is 0 Å². The van der Waals surface area contributed by atoms with Crippen molar-refractivity contribution in [1.82, 2.24) is 4.98 Å². The van der Waals surface area contributed by atoms with Gasteiger partial charge in [0.25, 0.3) is 5.69 Å². The van der Waals surface area contributed by atoms with Crippen molar-refractivity contribution < 1.29 is 9.82 Å². The average molecular weight is 261 g/mol. The molecule has 0 bridgehead atoms. The van der Waals surface area contributed by atoms with Crippen molar-refractivity contribution in [1.29, 1.82) is 0 Å². The predicted octanol–water partition coefficient (Wildman–Crippen LogP) is 0.699. The number of anilines is 1. The van der Waals surface area contributed by atoms with Crippen molar-refractivity contribution in [2.75, 3.05) is 32.5 Å². The maximum atomic E-state index is 11.0. The first kappa shape index (κ1) is 13.2. The summed E-state index contributed by atoms with van der Waals surface area (Å²) in [6.07, 6.45) is 3.18. The van der Waals surface area contributed by atoms with Crippen LogP contribution in [0.25, 0.3) is 10.8 Å². The Balaban J connectivity index is 2.36. The zero-order chi connectivity index (χ0) is 13.8. The van der Waals surface area contributed by atoms with Crippen molar-refractivity contribution in [3.63, 3.8) is 0 Å². The summed E-state index contributed by atoms with van der Waals surface area (Å²) in [5, 5.41) is 15.7. The molecule has 19 heavy (non-hydrogen) atoms. The quantitative estimate of drug-likeness (QED) is 0.614. The zero-order valence-corrected chi connectivity index (χ0v) is 11.0. The molecule has 6 nitrogen and oxygen atoms in total. The molecule has 2 N–H and O–H groups in total. The first-order valence-corrected chi connectivity index (χ1v) is 6.13. The molecule has 0 atom stereocenters. The van der Waals surface area contributed by atoms with Crippen LogP contribution in [0.1, 0.15) is 0 Å². The molecule has 0 amide bonds. The zero-order valence-electron chi connectivity index (χ0n) is 11.0. The third kappa shape index (κ3) is 2.97. The largest absolute Gasteiger partial charge is 0.379 e. The molecule has 1 heterocycles. The topological polar surface area (TPSA) is 72.5 Å². The van der Waals surface area contributed by atoms with Gasteiger partial charge in [0, 0.05) is 29.5 Å². The number of nitrogens with one attached hydrogen (secondary N) is 2. The van der Waals surface area contributed by atoms with Gasteiger partial charge in [-0.25, -0.2) is 0 Å². The Hall–Kier alpha value is -2.21. The molecule has 0 fully saturated rings. The summed E-state index contributed by atoms with van der Waals surface area (Å²) in [7, 11) is 4.17. The Morgan fingerprint density at radius 2 is 2.11 bits per heavy atom. The van der Waals surface area contributed by atoms with Crippen LogP contribution in [0, 0.1) is 10.1 Å². The molecule has 0 aliphatic carbocycles. The van der Waals surface area contributed by atoms with Gasteiger partial charge in [-0.2, -0.15) is 0 Å². The molecule has 1 aromatic carbocycles. The Morgan fingerprint density at radius 1 is 1.32 bits per heavy atom. The number of aromatic nitrogens is 1. The van der Waals surface area contributed by atoms with Crippen LogP contribution >= 0.6 is 0 Å². The number of benzene rings is 1. The van der Waals surface area contributed by atoms with Gasteiger partial charge < -0.3 is 10.2 Å². The Labute approximate surface area is 111 Å². The van der Waals surface area contributed by atoms with Gasteiger partial charge in [0.15, 0.2) is 0 Å². The highest BCUT2D eigenvalue weighted by Gasteiger charge is 2.14. The smallest absolute Gasteiger partial charge is 0.278 e. The third-order valence-electron chi connectivity index (χ3n) is 2.93. The molecular weight excluding hydrogens is 244 g/mol. The van der Waals surface area contributed by atoms with Crippen LogP contribution in [0.5, 0.6) is 0 Å². The van der Waals surface area contributed by atoms with E-state index >= 15 is 0 Å².